The number of rotatable bonds is 3. The third-order valence-electron chi connectivity index (χ3n) is 3.97. The van der Waals surface area contributed by atoms with Gasteiger partial charge in [0.1, 0.15) is 5.69 Å². The number of alkyl halides is 3. The van der Waals surface area contributed by atoms with Gasteiger partial charge in [-0.1, -0.05) is 19.3 Å². The van der Waals surface area contributed by atoms with Crippen LogP contribution in [0.2, 0.25) is 0 Å². The summed E-state index contributed by atoms with van der Waals surface area (Å²) >= 11 is 0. The topological polar surface area (TPSA) is 79.3 Å². The molecule has 0 saturated heterocycles. The second-order valence-corrected chi connectivity index (χ2v) is 5.59. The summed E-state index contributed by atoms with van der Waals surface area (Å²) in [6, 6.07) is 1.25. The molecule has 0 aromatic carbocycles. The largest absolute Gasteiger partial charge is 0.481 e. The van der Waals surface area contributed by atoms with Crippen molar-refractivity contribution in [2.75, 3.05) is 0 Å². The number of carbonyl (C=O) groups is 2. The summed E-state index contributed by atoms with van der Waals surface area (Å²) in [5.41, 5.74) is -1.10. The van der Waals surface area contributed by atoms with Crippen molar-refractivity contribution in [2.45, 2.75) is 44.3 Å². The molecule has 1 aliphatic carbocycles. The molecule has 2 rings (SSSR count). The number of carbonyl (C=O) groups excluding carboxylic acids is 1. The smallest absolute Gasteiger partial charge is 0.433 e. The van der Waals surface area contributed by atoms with Crippen LogP contribution in [0.5, 0.6) is 0 Å². The molecule has 0 spiro atoms. The van der Waals surface area contributed by atoms with Crippen molar-refractivity contribution in [3.63, 3.8) is 0 Å². The SMILES string of the molecule is O=C(N[C@H]1CCCCC[C@H]1C(=O)O)c1ccc(C(F)(F)F)nc1. The number of pyridine rings is 1. The zero-order valence-corrected chi connectivity index (χ0v) is 12.3. The Labute approximate surface area is 130 Å². The number of carboxylic acid groups (broad SMARTS) is 1. The number of aliphatic carboxylic acids is 1. The highest BCUT2D eigenvalue weighted by atomic mass is 19.4. The van der Waals surface area contributed by atoms with E-state index in [4.69, 9.17) is 0 Å². The summed E-state index contributed by atoms with van der Waals surface area (Å²) in [6.45, 7) is 0. The first-order chi connectivity index (χ1) is 10.8. The molecule has 1 aliphatic rings. The zero-order valence-electron chi connectivity index (χ0n) is 12.3. The maximum atomic E-state index is 12.5. The third-order valence-corrected chi connectivity index (χ3v) is 3.97. The van der Waals surface area contributed by atoms with Crippen molar-refractivity contribution in [3.05, 3.63) is 29.6 Å². The van der Waals surface area contributed by atoms with Gasteiger partial charge >= 0.3 is 12.1 Å². The van der Waals surface area contributed by atoms with Crippen LogP contribution in [0, 0.1) is 5.92 Å². The lowest BCUT2D eigenvalue weighted by molar-refractivity contribution is -0.143. The number of hydrogen-bond donors (Lipinski definition) is 2. The van der Waals surface area contributed by atoms with Crippen molar-refractivity contribution in [1.29, 1.82) is 0 Å². The molecule has 2 atom stereocenters. The molecule has 0 radical (unpaired) electrons. The van der Waals surface area contributed by atoms with Crippen LogP contribution in [0.4, 0.5) is 13.2 Å². The van der Waals surface area contributed by atoms with Crippen LogP contribution in [0.15, 0.2) is 18.3 Å². The Balaban J connectivity index is 2.09. The van der Waals surface area contributed by atoms with Crippen molar-refractivity contribution >= 4 is 11.9 Å². The minimum absolute atomic E-state index is 0.0219. The Kier molecular flexibility index (Phi) is 5.23. The maximum absolute atomic E-state index is 12.5. The normalized spacial score (nSPS) is 22.2. The first kappa shape index (κ1) is 17.2. The van der Waals surface area contributed by atoms with Crippen molar-refractivity contribution in [2.24, 2.45) is 5.92 Å². The number of nitrogens with zero attached hydrogens (tertiary/aromatic N) is 1. The summed E-state index contributed by atoms with van der Waals surface area (Å²) in [6.07, 6.45) is -0.208. The average Bonchev–Trinajstić information content (AvgIpc) is 2.72. The lowest BCUT2D eigenvalue weighted by Crippen LogP contribution is -2.42. The van der Waals surface area contributed by atoms with Crippen LogP contribution in [0.1, 0.15) is 48.2 Å². The van der Waals surface area contributed by atoms with Crippen LogP contribution in [-0.2, 0) is 11.0 Å². The zero-order chi connectivity index (χ0) is 17.0. The van der Waals surface area contributed by atoms with E-state index in [1.807, 2.05) is 0 Å². The molecule has 126 valence electrons. The predicted molar refractivity (Wildman–Crippen MR) is 74.7 cm³/mol. The molecule has 23 heavy (non-hydrogen) atoms. The molecular weight excluding hydrogens is 313 g/mol. The van der Waals surface area contributed by atoms with E-state index in [2.05, 4.69) is 10.3 Å². The number of halogens is 3. The van der Waals surface area contributed by atoms with Gasteiger partial charge in [-0.25, -0.2) is 0 Å². The molecule has 5 nitrogen and oxygen atoms in total. The van der Waals surface area contributed by atoms with E-state index in [0.29, 0.717) is 12.8 Å². The first-order valence-electron chi connectivity index (χ1n) is 7.36. The summed E-state index contributed by atoms with van der Waals surface area (Å²) in [5, 5.41) is 11.9. The third kappa shape index (κ3) is 4.43. The summed E-state index contributed by atoms with van der Waals surface area (Å²) in [7, 11) is 0. The Morgan fingerprint density at radius 3 is 2.43 bits per heavy atom. The quantitative estimate of drug-likeness (QED) is 0.835. The maximum Gasteiger partial charge on any atom is 0.433 e. The number of amides is 1. The van der Waals surface area contributed by atoms with Gasteiger partial charge in [0.15, 0.2) is 0 Å². The van der Waals surface area contributed by atoms with E-state index >= 15 is 0 Å². The lowest BCUT2D eigenvalue weighted by Gasteiger charge is -2.22. The van der Waals surface area contributed by atoms with E-state index in [9.17, 15) is 27.9 Å². The predicted octanol–water partition coefficient (Wildman–Crippen LogP) is 2.86. The van der Waals surface area contributed by atoms with Gasteiger partial charge in [-0.15, -0.1) is 0 Å². The fourth-order valence-electron chi connectivity index (χ4n) is 2.72. The van der Waals surface area contributed by atoms with Gasteiger partial charge in [0.2, 0.25) is 0 Å². The highest BCUT2D eigenvalue weighted by Gasteiger charge is 2.33. The minimum atomic E-state index is -4.56. The van der Waals surface area contributed by atoms with Gasteiger partial charge in [-0.05, 0) is 25.0 Å². The monoisotopic (exact) mass is 330 g/mol. The van der Waals surface area contributed by atoms with Gasteiger partial charge in [-0.2, -0.15) is 13.2 Å². The van der Waals surface area contributed by atoms with Gasteiger partial charge in [0.25, 0.3) is 5.91 Å². The molecule has 2 N–H and O–H groups in total. The minimum Gasteiger partial charge on any atom is -0.481 e. The number of aromatic nitrogens is 1. The van der Waals surface area contributed by atoms with Crippen molar-refractivity contribution < 1.29 is 27.9 Å². The van der Waals surface area contributed by atoms with E-state index in [1.54, 1.807) is 0 Å². The van der Waals surface area contributed by atoms with Crippen LogP contribution >= 0.6 is 0 Å². The number of hydrogen-bond acceptors (Lipinski definition) is 3. The second kappa shape index (κ2) is 6.97. The Hall–Kier alpha value is -2.12. The highest BCUT2D eigenvalue weighted by molar-refractivity contribution is 5.94. The molecule has 0 bridgehead atoms. The number of carboxylic acids is 1. The van der Waals surface area contributed by atoms with Crippen LogP contribution in [0.25, 0.3) is 0 Å². The first-order valence-corrected chi connectivity index (χ1v) is 7.36. The van der Waals surface area contributed by atoms with E-state index in [1.165, 1.54) is 0 Å². The Morgan fingerprint density at radius 2 is 1.87 bits per heavy atom. The molecule has 1 amide bonds. The Bertz CT molecular complexity index is 572. The standard InChI is InChI=1S/C15H17F3N2O3/c16-15(17,18)12-7-6-9(8-19-12)13(21)20-11-5-3-1-2-4-10(11)14(22)23/h6-8,10-11H,1-5H2,(H,20,21)(H,22,23)/t10-,11+/m1/s1. The molecule has 1 saturated carbocycles. The summed E-state index contributed by atoms with van der Waals surface area (Å²) in [5.74, 6) is -2.25. The average molecular weight is 330 g/mol. The lowest BCUT2D eigenvalue weighted by atomic mass is 9.94. The van der Waals surface area contributed by atoms with Gasteiger partial charge in [-0.3, -0.25) is 14.6 Å². The Morgan fingerprint density at radius 1 is 1.17 bits per heavy atom. The fourth-order valence-corrected chi connectivity index (χ4v) is 2.72. The van der Waals surface area contributed by atoms with E-state index in [-0.39, 0.29) is 5.56 Å². The molecule has 0 unspecified atom stereocenters. The van der Waals surface area contributed by atoms with Gasteiger partial charge in [0, 0.05) is 12.2 Å². The molecule has 1 fully saturated rings. The molecular formula is C15H17F3N2O3. The van der Waals surface area contributed by atoms with Crippen LogP contribution in [0.3, 0.4) is 0 Å². The van der Waals surface area contributed by atoms with Gasteiger partial charge < -0.3 is 10.4 Å². The molecule has 1 heterocycles. The number of nitrogens with one attached hydrogen (secondary N) is 1. The molecule has 1 aromatic heterocycles. The van der Waals surface area contributed by atoms with Crippen molar-refractivity contribution in [1.82, 2.24) is 10.3 Å². The highest BCUT2D eigenvalue weighted by Crippen LogP contribution is 2.27. The van der Waals surface area contributed by atoms with E-state index < -0.39 is 35.7 Å². The van der Waals surface area contributed by atoms with Crippen LogP contribution < -0.4 is 5.32 Å². The van der Waals surface area contributed by atoms with E-state index in [0.717, 1.165) is 37.6 Å². The second-order valence-electron chi connectivity index (χ2n) is 5.59. The van der Waals surface area contributed by atoms with Crippen LogP contribution in [-0.4, -0.2) is 28.0 Å². The van der Waals surface area contributed by atoms with Crippen molar-refractivity contribution in [3.8, 4) is 0 Å². The fraction of sp³-hybridized carbons (Fsp3) is 0.533. The molecule has 1 aromatic rings. The molecule has 0 aliphatic heterocycles. The summed E-state index contributed by atoms with van der Waals surface area (Å²) < 4.78 is 37.4. The summed E-state index contributed by atoms with van der Waals surface area (Å²) in [4.78, 5) is 26.7. The molecule has 8 heteroatoms. The van der Waals surface area contributed by atoms with Gasteiger partial charge in [0.05, 0.1) is 11.5 Å².